The number of aliphatic imine (C=N–C) groups is 1. The van der Waals surface area contributed by atoms with Crippen molar-refractivity contribution in [2.75, 3.05) is 6.54 Å². The first-order chi connectivity index (χ1) is 18.4. The molecule has 0 saturated heterocycles. The van der Waals surface area contributed by atoms with Crippen LogP contribution in [0, 0.1) is 12.7 Å². The molecule has 2 aromatic carbocycles. The van der Waals surface area contributed by atoms with E-state index in [0.717, 1.165) is 0 Å². The van der Waals surface area contributed by atoms with Crippen LogP contribution in [0.3, 0.4) is 0 Å². The van der Waals surface area contributed by atoms with E-state index in [2.05, 4.69) is 15.3 Å². The van der Waals surface area contributed by atoms with Gasteiger partial charge in [-0.15, -0.1) is 5.10 Å². The van der Waals surface area contributed by atoms with Crippen LogP contribution in [0.5, 0.6) is 11.5 Å². The molecule has 0 saturated carbocycles. The van der Waals surface area contributed by atoms with Crippen molar-refractivity contribution in [1.82, 2.24) is 19.6 Å². The average molecular weight is 516 g/mol. The van der Waals surface area contributed by atoms with E-state index >= 15 is 0 Å². The third-order valence-corrected chi connectivity index (χ3v) is 5.86. The molecule has 0 bridgehead atoms. The van der Waals surface area contributed by atoms with Gasteiger partial charge in [0, 0.05) is 48.1 Å². The normalized spacial score (nSPS) is 11.4. The molecule has 0 aliphatic rings. The van der Waals surface area contributed by atoms with E-state index in [-0.39, 0.29) is 18.2 Å². The number of hydrogen-bond acceptors (Lipinski definition) is 8. The number of fused-ring (bicyclic) bond motifs is 1. The van der Waals surface area contributed by atoms with Gasteiger partial charge in [0.1, 0.15) is 29.5 Å². The maximum absolute atomic E-state index is 13.5. The summed E-state index contributed by atoms with van der Waals surface area (Å²) in [5, 5.41) is 18.5. The Morgan fingerprint density at radius 2 is 2.03 bits per heavy atom. The van der Waals surface area contributed by atoms with Gasteiger partial charge in [-0.25, -0.2) is 13.9 Å². The molecule has 5 aromatic rings. The lowest BCUT2D eigenvalue weighted by Crippen LogP contribution is -2.11. The largest absolute Gasteiger partial charge is 0.503 e. The smallest absolute Gasteiger partial charge is 0.336 e. The predicted molar refractivity (Wildman–Crippen MR) is 138 cm³/mol. The molecule has 38 heavy (non-hydrogen) atoms. The Hall–Kier alpha value is -5.06. The summed E-state index contributed by atoms with van der Waals surface area (Å²) in [5.41, 5.74) is 1.49. The fourth-order valence-electron chi connectivity index (χ4n) is 3.86. The lowest BCUT2D eigenvalue weighted by atomic mass is 10.1. The topological polar surface area (TPSA) is 125 Å². The molecule has 0 aliphatic heterocycles. The Morgan fingerprint density at radius 1 is 1.16 bits per heavy atom. The Morgan fingerprint density at radius 3 is 2.87 bits per heavy atom. The molecule has 0 unspecified atom stereocenters. The van der Waals surface area contributed by atoms with Gasteiger partial charge < -0.3 is 18.8 Å². The molecular weight excluding hydrogens is 493 g/mol. The number of hydrogen-bond donors (Lipinski definition) is 1. The van der Waals surface area contributed by atoms with Gasteiger partial charge in [0.2, 0.25) is 5.43 Å². The minimum atomic E-state index is -0.532. The molecule has 1 N–H and O–H groups in total. The number of rotatable bonds is 8. The highest BCUT2D eigenvalue weighted by Gasteiger charge is 2.09. The van der Waals surface area contributed by atoms with Gasteiger partial charge in [-0.2, -0.15) is 0 Å². The van der Waals surface area contributed by atoms with Crippen molar-refractivity contribution in [3.05, 3.63) is 110 Å². The summed E-state index contributed by atoms with van der Waals surface area (Å²) in [7, 11) is 0. The van der Waals surface area contributed by atoms with Crippen molar-refractivity contribution in [3.8, 4) is 17.2 Å². The first-order valence-electron chi connectivity index (χ1n) is 11.6. The SMILES string of the molecule is Cc1c(O)c(=O)ccn1CCN=Cc1cc(=O)oc2cc(OCc3cn(-c4cccc(F)c4)nn3)ccc12. The van der Waals surface area contributed by atoms with Crippen LogP contribution >= 0.6 is 0 Å². The third kappa shape index (κ3) is 5.36. The number of aromatic hydroxyl groups is 1. The number of aromatic nitrogens is 4. The maximum atomic E-state index is 13.5. The molecule has 3 heterocycles. The molecule has 0 amide bonds. The van der Waals surface area contributed by atoms with Gasteiger partial charge in [-0.3, -0.25) is 9.79 Å². The molecular formula is C27H22FN5O5. The van der Waals surface area contributed by atoms with Crippen LogP contribution in [0.1, 0.15) is 17.0 Å². The third-order valence-electron chi connectivity index (χ3n) is 5.86. The van der Waals surface area contributed by atoms with Gasteiger partial charge in [0.25, 0.3) is 0 Å². The molecule has 0 spiro atoms. The van der Waals surface area contributed by atoms with Crippen LogP contribution in [0.4, 0.5) is 4.39 Å². The average Bonchev–Trinajstić information content (AvgIpc) is 3.38. The molecule has 192 valence electrons. The minimum absolute atomic E-state index is 0.103. The van der Waals surface area contributed by atoms with E-state index < -0.39 is 11.1 Å². The van der Waals surface area contributed by atoms with Crippen molar-refractivity contribution in [2.45, 2.75) is 20.1 Å². The van der Waals surface area contributed by atoms with Crippen LogP contribution in [-0.4, -0.2) is 37.4 Å². The summed E-state index contributed by atoms with van der Waals surface area (Å²) in [6.07, 6.45) is 4.83. The van der Waals surface area contributed by atoms with Crippen molar-refractivity contribution in [3.63, 3.8) is 0 Å². The standard InChI is InChI=1S/C27H22FN5O5/c1-17-27(36)24(34)7-9-32(17)10-8-29-14-18-11-26(35)38-25-13-22(5-6-23(18)25)37-16-20-15-33(31-30-20)21-4-2-3-19(28)12-21/h2-7,9,11-15,36H,8,10,16H2,1H3. The first-order valence-corrected chi connectivity index (χ1v) is 11.6. The van der Waals surface area contributed by atoms with Gasteiger partial charge in [0.05, 0.1) is 24.1 Å². The quantitative estimate of drug-likeness (QED) is 0.248. The van der Waals surface area contributed by atoms with Crippen LogP contribution in [-0.2, 0) is 13.2 Å². The molecule has 0 atom stereocenters. The number of ether oxygens (including phenoxy) is 1. The highest BCUT2D eigenvalue weighted by atomic mass is 19.1. The van der Waals surface area contributed by atoms with E-state index in [0.29, 0.717) is 52.4 Å². The van der Waals surface area contributed by atoms with Gasteiger partial charge >= 0.3 is 5.63 Å². The van der Waals surface area contributed by atoms with Crippen molar-refractivity contribution in [2.24, 2.45) is 4.99 Å². The summed E-state index contributed by atoms with van der Waals surface area (Å²) >= 11 is 0. The summed E-state index contributed by atoms with van der Waals surface area (Å²) in [5.74, 6) is -0.192. The van der Waals surface area contributed by atoms with Gasteiger partial charge in [-0.05, 0) is 37.3 Å². The summed E-state index contributed by atoms with van der Waals surface area (Å²) < 4.78 is 27.8. The fourth-order valence-corrected chi connectivity index (χ4v) is 3.86. The lowest BCUT2D eigenvalue weighted by molar-refractivity contribution is 0.301. The molecule has 10 nitrogen and oxygen atoms in total. The number of pyridine rings is 1. The Labute approximate surface area is 214 Å². The summed E-state index contributed by atoms with van der Waals surface area (Å²) in [6.45, 7) is 2.56. The van der Waals surface area contributed by atoms with E-state index in [1.165, 1.54) is 28.9 Å². The molecule has 5 rings (SSSR count). The Bertz CT molecular complexity index is 1770. The number of halogens is 1. The van der Waals surface area contributed by atoms with Crippen LogP contribution < -0.4 is 15.8 Å². The number of nitrogens with zero attached hydrogens (tertiary/aromatic N) is 5. The molecule has 11 heteroatoms. The molecule has 3 aromatic heterocycles. The summed E-state index contributed by atoms with van der Waals surface area (Å²) in [4.78, 5) is 28.0. The second kappa shape index (κ2) is 10.5. The Balaban J connectivity index is 1.27. The van der Waals surface area contributed by atoms with Crippen molar-refractivity contribution < 1.29 is 18.7 Å². The zero-order valence-electron chi connectivity index (χ0n) is 20.2. The van der Waals surface area contributed by atoms with Crippen LogP contribution in [0.25, 0.3) is 16.7 Å². The van der Waals surface area contributed by atoms with Crippen LogP contribution in [0.2, 0.25) is 0 Å². The van der Waals surface area contributed by atoms with Crippen molar-refractivity contribution in [1.29, 1.82) is 0 Å². The zero-order valence-corrected chi connectivity index (χ0v) is 20.2. The Kier molecular flexibility index (Phi) is 6.81. The first kappa shape index (κ1) is 24.6. The number of benzene rings is 2. The lowest BCUT2D eigenvalue weighted by Gasteiger charge is -2.09. The van der Waals surface area contributed by atoms with Crippen LogP contribution in [0.15, 0.2) is 86.0 Å². The van der Waals surface area contributed by atoms with E-state index in [4.69, 9.17) is 9.15 Å². The maximum Gasteiger partial charge on any atom is 0.336 e. The summed E-state index contributed by atoms with van der Waals surface area (Å²) in [6, 6.07) is 13.8. The molecule has 0 radical (unpaired) electrons. The van der Waals surface area contributed by atoms with Gasteiger partial charge in [-0.1, -0.05) is 11.3 Å². The molecule has 0 aliphatic carbocycles. The van der Waals surface area contributed by atoms with E-state index in [1.54, 1.807) is 60.4 Å². The predicted octanol–water partition coefficient (Wildman–Crippen LogP) is 3.39. The minimum Gasteiger partial charge on any atom is -0.503 e. The second-order valence-corrected chi connectivity index (χ2v) is 8.44. The fraction of sp³-hybridized carbons (Fsp3) is 0.148. The monoisotopic (exact) mass is 515 g/mol. The highest BCUT2D eigenvalue weighted by molar-refractivity contribution is 5.97. The van der Waals surface area contributed by atoms with Gasteiger partial charge in [0.15, 0.2) is 5.75 Å². The van der Waals surface area contributed by atoms with Crippen molar-refractivity contribution >= 4 is 17.2 Å². The second-order valence-electron chi connectivity index (χ2n) is 8.44. The zero-order chi connectivity index (χ0) is 26.6. The van der Waals surface area contributed by atoms with E-state index in [9.17, 15) is 19.1 Å². The highest BCUT2D eigenvalue weighted by Crippen LogP contribution is 2.23. The van der Waals surface area contributed by atoms with E-state index in [1.807, 2.05) is 0 Å². The molecule has 0 fully saturated rings.